The van der Waals surface area contributed by atoms with Crippen LogP contribution in [0.4, 0.5) is 8.78 Å². The van der Waals surface area contributed by atoms with Crippen LogP contribution in [0.2, 0.25) is 0 Å². The van der Waals surface area contributed by atoms with Crippen LogP contribution in [0.15, 0.2) is 35.2 Å². The van der Waals surface area contributed by atoms with Crippen LogP contribution in [0.5, 0.6) is 0 Å². The third-order valence-electron chi connectivity index (χ3n) is 3.07. The van der Waals surface area contributed by atoms with E-state index in [1.54, 1.807) is 11.8 Å². The molecule has 16 heavy (non-hydrogen) atoms. The van der Waals surface area contributed by atoms with Gasteiger partial charge in [0.2, 0.25) is 5.92 Å². The first kappa shape index (κ1) is 11.9. The molecule has 0 radical (unpaired) electrons. The Kier molecular flexibility index (Phi) is 3.85. The molecule has 0 aliphatic heterocycles. The second-order valence-corrected chi connectivity index (χ2v) is 5.52. The van der Waals surface area contributed by atoms with E-state index in [4.69, 9.17) is 0 Å². The van der Waals surface area contributed by atoms with E-state index >= 15 is 0 Å². The SMILES string of the molecule is FC1(F)CCC(CSc2ccccc2)CC1. The van der Waals surface area contributed by atoms with Crippen molar-refractivity contribution in [3.8, 4) is 0 Å². The molecule has 0 unspecified atom stereocenters. The van der Waals surface area contributed by atoms with Crippen LogP contribution in [-0.2, 0) is 0 Å². The molecular formula is C13H16F2S. The van der Waals surface area contributed by atoms with Crippen molar-refractivity contribution in [3.63, 3.8) is 0 Å². The molecule has 1 aliphatic rings. The van der Waals surface area contributed by atoms with Crippen LogP contribution in [0.25, 0.3) is 0 Å². The van der Waals surface area contributed by atoms with Gasteiger partial charge in [-0.15, -0.1) is 11.8 Å². The normalized spacial score (nSPS) is 20.9. The monoisotopic (exact) mass is 242 g/mol. The van der Waals surface area contributed by atoms with Crippen LogP contribution < -0.4 is 0 Å². The summed E-state index contributed by atoms with van der Waals surface area (Å²) in [5.41, 5.74) is 0. The van der Waals surface area contributed by atoms with Gasteiger partial charge >= 0.3 is 0 Å². The minimum absolute atomic E-state index is 0.0764. The Morgan fingerprint density at radius 3 is 2.38 bits per heavy atom. The van der Waals surface area contributed by atoms with Gasteiger partial charge in [-0.2, -0.15) is 0 Å². The van der Waals surface area contributed by atoms with Gasteiger partial charge in [-0.05, 0) is 30.9 Å². The summed E-state index contributed by atoms with van der Waals surface area (Å²) in [5, 5.41) is 0. The molecule has 0 N–H and O–H groups in total. The molecule has 3 heteroatoms. The number of benzene rings is 1. The number of rotatable bonds is 3. The van der Waals surface area contributed by atoms with E-state index in [2.05, 4.69) is 12.1 Å². The second-order valence-electron chi connectivity index (χ2n) is 4.42. The third-order valence-corrected chi connectivity index (χ3v) is 4.31. The molecule has 0 bridgehead atoms. The topological polar surface area (TPSA) is 0 Å². The van der Waals surface area contributed by atoms with Gasteiger partial charge in [0.05, 0.1) is 0 Å². The molecule has 0 atom stereocenters. The highest BCUT2D eigenvalue weighted by molar-refractivity contribution is 7.99. The van der Waals surface area contributed by atoms with Crippen molar-refractivity contribution < 1.29 is 8.78 Å². The summed E-state index contributed by atoms with van der Waals surface area (Å²) in [6.45, 7) is 0. The second kappa shape index (κ2) is 5.17. The van der Waals surface area contributed by atoms with Crippen molar-refractivity contribution in [1.82, 2.24) is 0 Å². The van der Waals surface area contributed by atoms with Crippen molar-refractivity contribution in [3.05, 3.63) is 30.3 Å². The molecule has 0 aromatic heterocycles. The molecule has 0 heterocycles. The number of hydrogen-bond acceptors (Lipinski definition) is 1. The van der Waals surface area contributed by atoms with Crippen molar-refractivity contribution in [1.29, 1.82) is 0 Å². The molecule has 1 fully saturated rings. The van der Waals surface area contributed by atoms with Crippen LogP contribution in [0.1, 0.15) is 25.7 Å². The van der Waals surface area contributed by atoms with Gasteiger partial charge in [0.15, 0.2) is 0 Å². The Morgan fingerprint density at radius 1 is 1.12 bits per heavy atom. The minimum atomic E-state index is -2.39. The molecule has 1 aromatic carbocycles. The van der Waals surface area contributed by atoms with E-state index in [0.29, 0.717) is 18.8 Å². The van der Waals surface area contributed by atoms with Crippen molar-refractivity contribution in [2.24, 2.45) is 5.92 Å². The molecule has 1 saturated carbocycles. The van der Waals surface area contributed by atoms with Crippen LogP contribution in [0.3, 0.4) is 0 Å². The quantitative estimate of drug-likeness (QED) is 0.698. The van der Waals surface area contributed by atoms with Crippen LogP contribution in [-0.4, -0.2) is 11.7 Å². The predicted octanol–water partition coefficient (Wildman–Crippen LogP) is 4.60. The molecule has 2 rings (SSSR count). The number of halogens is 2. The summed E-state index contributed by atoms with van der Waals surface area (Å²) >= 11 is 1.78. The number of thioether (sulfide) groups is 1. The fourth-order valence-electron chi connectivity index (χ4n) is 2.00. The highest BCUT2D eigenvalue weighted by Gasteiger charge is 2.34. The van der Waals surface area contributed by atoms with Crippen LogP contribution >= 0.6 is 11.8 Å². The highest BCUT2D eigenvalue weighted by Crippen LogP contribution is 2.38. The summed E-state index contributed by atoms with van der Waals surface area (Å²) in [4.78, 5) is 1.24. The van der Waals surface area contributed by atoms with E-state index in [-0.39, 0.29) is 12.8 Å². The summed E-state index contributed by atoms with van der Waals surface area (Å²) in [5.74, 6) is -0.960. The van der Waals surface area contributed by atoms with Gasteiger partial charge < -0.3 is 0 Å². The Labute approximate surface area is 99.4 Å². The van der Waals surface area contributed by atoms with Crippen molar-refractivity contribution in [2.45, 2.75) is 36.5 Å². The molecule has 0 nitrogen and oxygen atoms in total. The maximum atomic E-state index is 12.9. The lowest BCUT2D eigenvalue weighted by molar-refractivity contribution is -0.0433. The van der Waals surface area contributed by atoms with Gasteiger partial charge in [-0.3, -0.25) is 0 Å². The first-order valence-corrected chi connectivity index (χ1v) is 6.70. The fourth-order valence-corrected chi connectivity index (χ4v) is 3.11. The molecule has 0 saturated heterocycles. The first-order chi connectivity index (χ1) is 7.66. The lowest BCUT2D eigenvalue weighted by atomic mass is 9.88. The summed E-state index contributed by atoms with van der Waals surface area (Å²) < 4.78 is 25.9. The van der Waals surface area contributed by atoms with E-state index in [9.17, 15) is 8.78 Å². The molecule has 88 valence electrons. The third kappa shape index (κ3) is 3.48. The van der Waals surface area contributed by atoms with Gasteiger partial charge in [0.1, 0.15) is 0 Å². The van der Waals surface area contributed by atoms with E-state index < -0.39 is 5.92 Å². The van der Waals surface area contributed by atoms with Gasteiger partial charge in [0.25, 0.3) is 0 Å². The zero-order chi connectivity index (χ0) is 11.4. The maximum Gasteiger partial charge on any atom is 0.248 e. The smallest absolute Gasteiger partial charge is 0.207 e. The van der Waals surface area contributed by atoms with Gasteiger partial charge in [0, 0.05) is 23.5 Å². The predicted molar refractivity (Wildman–Crippen MR) is 64.1 cm³/mol. The zero-order valence-electron chi connectivity index (χ0n) is 9.16. The lowest BCUT2D eigenvalue weighted by Gasteiger charge is -2.27. The Morgan fingerprint density at radius 2 is 1.75 bits per heavy atom. The fraction of sp³-hybridized carbons (Fsp3) is 0.538. The average Bonchev–Trinajstić information content (AvgIpc) is 2.29. The van der Waals surface area contributed by atoms with Crippen molar-refractivity contribution >= 4 is 11.8 Å². The molecule has 1 aliphatic carbocycles. The van der Waals surface area contributed by atoms with E-state index in [0.717, 1.165) is 5.75 Å². The summed E-state index contributed by atoms with van der Waals surface area (Å²) in [6.07, 6.45) is 1.50. The maximum absolute atomic E-state index is 12.9. The first-order valence-electron chi connectivity index (χ1n) is 5.71. The minimum Gasteiger partial charge on any atom is -0.207 e. The van der Waals surface area contributed by atoms with Gasteiger partial charge in [-0.25, -0.2) is 8.78 Å². The zero-order valence-corrected chi connectivity index (χ0v) is 9.98. The van der Waals surface area contributed by atoms with E-state index in [1.165, 1.54) is 4.90 Å². The standard InChI is InChI=1S/C13H16F2S/c14-13(15)8-6-11(7-9-13)10-16-12-4-2-1-3-5-12/h1-5,11H,6-10H2. The van der Waals surface area contributed by atoms with Crippen molar-refractivity contribution in [2.75, 3.05) is 5.75 Å². The average molecular weight is 242 g/mol. The van der Waals surface area contributed by atoms with Crippen LogP contribution in [0, 0.1) is 5.92 Å². The largest absolute Gasteiger partial charge is 0.248 e. The Bertz CT molecular complexity index is 314. The summed E-state index contributed by atoms with van der Waals surface area (Å²) in [6, 6.07) is 10.2. The highest BCUT2D eigenvalue weighted by atomic mass is 32.2. The summed E-state index contributed by atoms with van der Waals surface area (Å²) in [7, 11) is 0. The van der Waals surface area contributed by atoms with Gasteiger partial charge in [-0.1, -0.05) is 18.2 Å². The Balaban J connectivity index is 1.76. The number of alkyl halides is 2. The molecule has 0 spiro atoms. The molecule has 0 amide bonds. The number of hydrogen-bond donors (Lipinski definition) is 0. The Hall–Kier alpha value is -0.570. The molecular weight excluding hydrogens is 226 g/mol. The lowest BCUT2D eigenvalue weighted by Crippen LogP contribution is -2.25. The van der Waals surface area contributed by atoms with E-state index in [1.807, 2.05) is 18.2 Å². The molecule has 1 aromatic rings.